The Kier molecular flexibility index (Phi) is 7.97. The summed E-state index contributed by atoms with van der Waals surface area (Å²) in [6, 6.07) is 18.7. The number of fused-ring (bicyclic) bond motifs is 2. The molecule has 1 heterocycles. The summed E-state index contributed by atoms with van der Waals surface area (Å²) in [5.74, 6) is 1.90. The summed E-state index contributed by atoms with van der Waals surface area (Å²) < 4.78 is 0. The molecule has 5 rings (SSSR count). The van der Waals surface area contributed by atoms with Crippen LogP contribution in [0.1, 0.15) is 62.1 Å². The zero-order valence-electron chi connectivity index (χ0n) is 22.3. The van der Waals surface area contributed by atoms with E-state index < -0.39 is 0 Å². The molecule has 1 aromatic heterocycles. The highest BCUT2D eigenvalue weighted by Gasteiger charge is 2.42. The Morgan fingerprint density at radius 3 is 2.76 bits per heavy atom. The third kappa shape index (κ3) is 6.61. The van der Waals surface area contributed by atoms with Gasteiger partial charge < -0.3 is 10.6 Å². The molecule has 2 aliphatic carbocycles. The minimum atomic E-state index is 0.0612. The second-order valence-electron chi connectivity index (χ2n) is 11.8. The SMILES string of the molecule is CC1CC2CCCC(CN(C)Cc3ccc(/C=C/C(=O)Cc4ccc(-c5cccs5)cc4N)cc3)(C1)C2. The number of rotatable bonds is 9. The highest BCUT2D eigenvalue weighted by molar-refractivity contribution is 7.13. The van der Waals surface area contributed by atoms with Crippen LogP contribution in [0.5, 0.6) is 0 Å². The van der Waals surface area contributed by atoms with E-state index in [0.717, 1.165) is 35.1 Å². The van der Waals surface area contributed by atoms with Crippen LogP contribution in [0, 0.1) is 17.3 Å². The number of benzene rings is 2. The Morgan fingerprint density at radius 2 is 2.00 bits per heavy atom. The Hall–Kier alpha value is -2.69. The molecule has 3 unspecified atom stereocenters. The Bertz CT molecular complexity index is 1230. The molecule has 0 radical (unpaired) electrons. The molecule has 2 aromatic carbocycles. The summed E-state index contributed by atoms with van der Waals surface area (Å²) >= 11 is 1.69. The molecule has 2 bridgehead atoms. The van der Waals surface area contributed by atoms with Crippen molar-refractivity contribution in [3.63, 3.8) is 0 Å². The maximum Gasteiger partial charge on any atom is 0.160 e. The molecular formula is C33H40N2OS. The van der Waals surface area contributed by atoms with E-state index in [9.17, 15) is 4.79 Å². The van der Waals surface area contributed by atoms with Crippen molar-refractivity contribution in [1.82, 2.24) is 4.90 Å². The summed E-state index contributed by atoms with van der Waals surface area (Å²) in [6.45, 7) is 4.64. The molecule has 0 spiro atoms. The Morgan fingerprint density at radius 1 is 1.16 bits per heavy atom. The van der Waals surface area contributed by atoms with E-state index in [2.05, 4.69) is 54.6 Å². The standard InChI is InChI=1S/C33H40N2OS/c1-24-17-27-5-3-15-33(20-24,21-27)23-35(2)22-26-9-7-25(8-10-26)11-14-30(36)18-28-12-13-29(19-31(28)34)32-6-4-16-37-32/h4,6-14,16,19,24,27H,3,5,15,17-18,20-23,34H2,1-2H3/b14-11+. The first-order chi connectivity index (χ1) is 17.9. The molecular weight excluding hydrogens is 472 g/mol. The highest BCUT2D eigenvalue weighted by Crippen LogP contribution is 2.51. The van der Waals surface area contributed by atoms with Gasteiger partial charge in [0.2, 0.25) is 0 Å². The molecule has 2 saturated carbocycles. The lowest BCUT2D eigenvalue weighted by Gasteiger charge is -2.49. The molecule has 194 valence electrons. The average Bonchev–Trinajstić information content (AvgIpc) is 3.39. The van der Waals surface area contributed by atoms with Gasteiger partial charge in [-0.05, 0) is 95.8 Å². The van der Waals surface area contributed by atoms with Crippen LogP contribution >= 0.6 is 11.3 Å². The normalized spacial score (nSPS) is 23.5. The lowest BCUT2D eigenvalue weighted by atomic mass is 9.59. The number of nitrogens with two attached hydrogens (primary N) is 1. The summed E-state index contributed by atoms with van der Waals surface area (Å²) in [6.07, 6.45) is 12.4. The third-order valence-electron chi connectivity index (χ3n) is 8.37. The number of anilines is 1. The van der Waals surface area contributed by atoms with Crippen molar-refractivity contribution in [2.45, 2.75) is 58.4 Å². The fourth-order valence-electron chi connectivity index (χ4n) is 7.03. The number of nitrogens with zero attached hydrogens (tertiary/aromatic N) is 1. The molecule has 3 atom stereocenters. The van der Waals surface area contributed by atoms with Gasteiger partial charge in [-0.2, -0.15) is 0 Å². The maximum atomic E-state index is 12.6. The van der Waals surface area contributed by atoms with Crippen LogP contribution in [0.25, 0.3) is 16.5 Å². The van der Waals surface area contributed by atoms with Crippen LogP contribution in [-0.4, -0.2) is 24.3 Å². The van der Waals surface area contributed by atoms with E-state index in [4.69, 9.17) is 5.73 Å². The number of allylic oxidation sites excluding steroid dienone is 1. The molecule has 4 heteroatoms. The monoisotopic (exact) mass is 512 g/mol. The van der Waals surface area contributed by atoms with Crippen LogP contribution in [0.4, 0.5) is 5.69 Å². The smallest absolute Gasteiger partial charge is 0.160 e. The quantitative estimate of drug-likeness (QED) is 0.234. The zero-order chi connectivity index (χ0) is 25.8. The molecule has 0 saturated heterocycles. The molecule has 0 amide bonds. The number of carbonyl (C=O) groups excluding carboxylic acids is 1. The largest absolute Gasteiger partial charge is 0.398 e. The van der Waals surface area contributed by atoms with Crippen LogP contribution in [-0.2, 0) is 17.8 Å². The first-order valence-electron chi connectivity index (χ1n) is 13.8. The van der Waals surface area contributed by atoms with Crippen molar-refractivity contribution >= 4 is 28.9 Å². The van der Waals surface area contributed by atoms with Crippen molar-refractivity contribution in [2.24, 2.45) is 17.3 Å². The molecule has 37 heavy (non-hydrogen) atoms. The summed E-state index contributed by atoms with van der Waals surface area (Å²) in [5.41, 5.74) is 11.8. The number of ketones is 1. The van der Waals surface area contributed by atoms with Gasteiger partial charge in [-0.3, -0.25) is 4.79 Å². The van der Waals surface area contributed by atoms with Crippen molar-refractivity contribution in [3.8, 4) is 10.4 Å². The van der Waals surface area contributed by atoms with Gasteiger partial charge in [0.15, 0.2) is 5.78 Å². The first kappa shape index (κ1) is 25.9. The number of thiophene rings is 1. The molecule has 2 fully saturated rings. The van der Waals surface area contributed by atoms with Gasteiger partial charge in [0.25, 0.3) is 0 Å². The Balaban J connectivity index is 1.13. The van der Waals surface area contributed by atoms with Crippen molar-refractivity contribution in [1.29, 1.82) is 0 Å². The molecule has 0 aliphatic heterocycles. The number of hydrogen-bond donors (Lipinski definition) is 1. The topological polar surface area (TPSA) is 46.3 Å². The summed E-state index contributed by atoms with van der Waals surface area (Å²) in [7, 11) is 2.28. The van der Waals surface area contributed by atoms with Crippen LogP contribution < -0.4 is 5.73 Å². The van der Waals surface area contributed by atoms with Crippen LogP contribution in [0.15, 0.2) is 66.1 Å². The minimum Gasteiger partial charge on any atom is -0.398 e. The number of carbonyl (C=O) groups is 1. The fraction of sp³-hybridized carbons (Fsp3) is 0.424. The van der Waals surface area contributed by atoms with Gasteiger partial charge in [-0.15, -0.1) is 11.3 Å². The second-order valence-corrected chi connectivity index (χ2v) is 12.7. The first-order valence-corrected chi connectivity index (χ1v) is 14.7. The van der Waals surface area contributed by atoms with Crippen molar-refractivity contribution in [2.75, 3.05) is 19.3 Å². The summed E-state index contributed by atoms with van der Waals surface area (Å²) in [5, 5.41) is 2.06. The lowest BCUT2D eigenvalue weighted by Crippen LogP contribution is -2.43. The van der Waals surface area contributed by atoms with Crippen molar-refractivity contribution in [3.05, 3.63) is 82.7 Å². The van der Waals surface area contributed by atoms with E-state index in [1.165, 1.54) is 55.5 Å². The van der Waals surface area contributed by atoms with Crippen molar-refractivity contribution < 1.29 is 4.79 Å². The van der Waals surface area contributed by atoms with Gasteiger partial charge in [0.05, 0.1) is 0 Å². The maximum absolute atomic E-state index is 12.6. The van der Waals surface area contributed by atoms with Crippen LogP contribution in [0.2, 0.25) is 0 Å². The minimum absolute atomic E-state index is 0.0612. The average molecular weight is 513 g/mol. The van der Waals surface area contributed by atoms with E-state index in [0.29, 0.717) is 17.5 Å². The zero-order valence-corrected chi connectivity index (χ0v) is 23.1. The molecule has 2 N–H and O–H groups in total. The van der Waals surface area contributed by atoms with E-state index in [1.807, 2.05) is 30.3 Å². The Labute approximate surface area is 226 Å². The van der Waals surface area contributed by atoms with Gasteiger partial charge >= 0.3 is 0 Å². The van der Waals surface area contributed by atoms with Crippen LogP contribution in [0.3, 0.4) is 0 Å². The summed E-state index contributed by atoms with van der Waals surface area (Å²) in [4.78, 5) is 16.3. The van der Waals surface area contributed by atoms with E-state index in [1.54, 1.807) is 17.4 Å². The lowest BCUT2D eigenvalue weighted by molar-refractivity contribution is -0.113. The predicted octanol–water partition coefficient (Wildman–Crippen LogP) is 7.86. The molecule has 3 nitrogen and oxygen atoms in total. The highest BCUT2D eigenvalue weighted by atomic mass is 32.1. The predicted molar refractivity (Wildman–Crippen MR) is 157 cm³/mol. The van der Waals surface area contributed by atoms with Gasteiger partial charge in [-0.25, -0.2) is 0 Å². The second kappa shape index (κ2) is 11.4. The molecule has 2 aliphatic rings. The van der Waals surface area contributed by atoms with Gasteiger partial charge in [-0.1, -0.05) is 68.3 Å². The van der Waals surface area contributed by atoms with E-state index >= 15 is 0 Å². The number of hydrogen-bond acceptors (Lipinski definition) is 4. The number of nitrogen functional groups attached to an aromatic ring is 1. The molecule has 3 aromatic rings. The third-order valence-corrected chi connectivity index (χ3v) is 9.29. The van der Waals surface area contributed by atoms with E-state index in [-0.39, 0.29) is 5.78 Å². The fourth-order valence-corrected chi connectivity index (χ4v) is 7.75. The van der Waals surface area contributed by atoms with Gasteiger partial charge in [0, 0.05) is 30.1 Å². The van der Waals surface area contributed by atoms with Gasteiger partial charge in [0.1, 0.15) is 0 Å².